The molecule has 21 heavy (non-hydrogen) atoms. The van der Waals surface area contributed by atoms with Crippen molar-refractivity contribution in [1.29, 1.82) is 0 Å². The van der Waals surface area contributed by atoms with Crippen LogP contribution in [0.5, 0.6) is 0 Å². The topological polar surface area (TPSA) is 12.0 Å². The van der Waals surface area contributed by atoms with Crippen LogP contribution in [0.1, 0.15) is 24.1 Å². The normalized spacial score (nSPS) is 12.5. The fourth-order valence-corrected chi connectivity index (χ4v) is 3.71. The monoisotopic (exact) mass is 317 g/mol. The fourth-order valence-electron chi connectivity index (χ4n) is 2.21. The Bertz CT molecular complexity index is 690. The molecule has 3 rings (SSSR count). The second-order valence-electron chi connectivity index (χ2n) is 4.95. The van der Waals surface area contributed by atoms with E-state index in [0.29, 0.717) is 11.6 Å². The number of hydrogen-bond donors (Lipinski definition) is 1. The second kappa shape index (κ2) is 6.52. The van der Waals surface area contributed by atoms with Crippen molar-refractivity contribution in [1.82, 2.24) is 5.32 Å². The molecule has 0 saturated carbocycles. The highest BCUT2D eigenvalue weighted by atomic mass is 32.1. The zero-order chi connectivity index (χ0) is 14.7. The molecule has 0 aliphatic carbocycles. The van der Waals surface area contributed by atoms with E-state index in [1.54, 1.807) is 28.7 Å². The number of nitrogens with one attached hydrogen (secondary N) is 1. The Morgan fingerprint density at radius 3 is 2.81 bits per heavy atom. The molecule has 1 nitrogen and oxygen atoms in total. The number of benzene rings is 1. The second-order valence-corrected chi connectivity index (χ2v) is 6.68. The summed E-state index contributed by atoms with van der Waals surface area (Å²) in [6, 6.07) is 11.7. The third-order valence-electron chi connectivity index (χ3n) is 3.47. The molecule has 0 fully saturated rings. The molecule has 0 saturated heterocycles. The Labute approximate surface area is 132 Å². The van der Waals surface area contributed by atoms with Gasteiger partial charge in [-0.3, -0.25) is 0 Å². The van der Waals surface area contributed by atoms with Gasteiger partial charge in [0.25, 0.3) is 0 Å². The van der Waals surface area contributed by atoms with Gasteiger partial charge in [0.1, 0.15) is 5.82 Å². The third kappa shape index (κ3) is 3.40. The average Bonchev–Trinajstić information content (AvgIpc) is 3.19. The van der Waals surface area contributed by atoms with Crippen molar-refractivity contribution >= 4 is 22.7 Å². The van der Waals surface area contributed by atoms with E-state index in [0.717, 1.165) is 17.0 Å². The predicted molar refractivity (Wildman–Crippen MR) is 89.3 cm³/mol. The zero-order valence-electron chi connectivity index (χ0n) is 11.7. The first-order chi connectivity index (χ1) is 10.2. The van der Waals surface area contributed by atoms with Crippen molar-refractivity contribution in [3.05, 3.63) is 69.5 Å². The Hall–Kier alpha value is -1.49. The summed E-state index contributed by atoms with van der Waals surface area (Å²) in [5.41, 5.74) is 3.08. The third-order valence-corrected chi connectivity index (χ3v) is 5.08. The van der Waals surface area contributed by atoms with Gasteiger partial charge in [0.2, 0.25) is 0 Å². The van der Waals surface area contributed by atoms with Crippen LogP contribution in [-0.2, 0) is 6.54 Å². The number of hydrogen-bond acceptors (Lipinski definition) is 3. The highest BCUT2D eigenvalue weighted by molar-refractivity contribution is 7.13. The smallest absolute Gasteiger partial charge is 0.131 e. The lowest BCUT2D eigenvalue weighted by molar-refractivity contribution is 0.574. The highest BCUT2D eigenvalue weighted by Crippen LogP contribution is 2.28. The largest absolute Gasteiger partial charge is 0.306 e. The molecule has 0 radical (unpaired) electrons. The van der Waals surface area contributed by atoms with Gasteiger partial charge >= 0.3 is 0 Å². The maximum atomic E-state index is 13.9. The molecule has 0 aliphatic heterocycles. The van der Waals surface area contributed by atoms with Gasteiger partial charge in [-0.1, -0.05) is 12.1 Å². The van der Waals surface area contributed by atoms with E-state index in [2.05, 4.69) is 29.1 Å². The number of thiophene rings is 2. The summed E-state index contributed by atoms with van der Waals surface area (Å²) in [4.78, 5) is 0.972. The lowest BCUT2D eigenvalue weighted by Gasteiger charge is -2.13. The minimum Gasteiger partial charge on any atom is -0.306 e. The van der Waals surface area contributed by atoms with Crippen LogP contribution in [0.2, 0.25) is 0 Å². The van der Waals surface area contributed by atoms with Gasteiger partial charge in [-0.15, -0.1) is 11.3 Å². The minimum atomic E-state index is -0.160. The van der Waals surface area contributed by atoms with Crippen LogP contribution >= 0.6 is 22.7 Å². The van der Waals surface area contributed by atoms with E-state index in [-0.39, 0.29) is 5.82 Å². The molecule has 1 aromatic carbocycles. The van der Waals surface area contributed by atoms with Gasteiger partial charge in [-0.2, -0.15) is 11.3 Å². The highest BCUT2D eigenvalue weighted by Gasteiger charge is 2.09. The van der Waals surface area contributed by atoms with E-state index in [9.17, 15) is 4.39 Å². The summed E-state index contributed by atoms with van der Waals surface area (Å²) >= 11 is 3.27. The fraction of sp³-hybridized carbons (Fsp3) is 0.176. The molecule has 1 atom stereocenters. The standard InChI is InChI=1S/C17H16FNS2/c1-12(14-6-8-20-11-14)19-10-13-4-5-16(18)15(9-13)17-3-2-7-21-17/h2-9,11-12,19H,10H2,1H3. The van der Waals surface area contributed by atoms with Crippen molar-refractivity contribution in [3.63, 3.8) is 0 Å². The summed E-state index contributed by atoms with van der Waals surface area (Å²) in [5, 5.41) is 9.69. The molecule has 3 aromatic rings. The molecule has 0 aliphatic rings. The first-order valence-corrected chi connectivity index (χ1v) is 8.64. The van der Waals surface area contributed by atoms with Gasteiger partial charge in [-0.05, 0) is 58.5 Å². The van der Waals surface area contributed by atoms with E-state index in [1.165, 1.54) is 5.56 Å². The summed E-state index contributed by atoms with van der Waals surface area (Å²) in [6.07, 6.45) is 0. The van der Waals surface area contributed by atoms with Gasteiger partial charge in [0.15, 0.2) is 0 Å². The van der Waals surface area contributed by atoms with Crippen molar-refractivity contribution in [2.75, 3.05) is 0 Å². The van der Waals surface area contributed by atoms with E-state index in [4.69, 9.17) is 0 Å². The molecule has 0 amide bonds. The maximum Gasteiger partial charge on any atom is 0.131 e. The summed E-state index contributed by atoms with van der Waals surface area (Å²) < 4.78 is 13.9. The van der Waals surface area contributed by atoms with E-state index < -0.39 is 0 Å². The summed E-state index contributed by atoms with van der Waals surface area (Å²) in [6.45, 7) is 2.88. The predicted octanol–water partition coefficient (Wildman–Crippen LogP) is 5.47. The first kappa shape index (κ1) is 14.4. The Kier molecular flexibility index (Phi) is 4.48. The van der Waals surface area contributed by atoms with Gasteiger partial charge in [0, 0.05) is 23.0 Å². The SMILES string of the molecule is CC(NCc1ccc(F)c(-c2cccs2)c1)c1ccsc1. The molecule has 0 bridgehead atoms. The number of halogens is 1. The molecular formula is C17H16FNS2. The zero-order valence-corrected chi connectivity index (χ0v) is 13.3. The molecule has 2 aromatic heterocycles. The van der Waals surface area contributed by atoms with Crippen molar-refractivity contribution < 1.29 is 4.39 Å². The molecule has 4 heteroatoms. The molecule has 2 heterocycles. The quantitative estimate of drug-likeness (QED) is 0.658. The van der Waals surface area contributed by atoms with E-state index >= 15 is 0 Å². The molecule has 1 N–H and O–H groups in total. The van der Waals surface area contributed by atoms with Crippen LogP contribution in [0.25, 0.3) is 10.4 Å². The number of rotatable bonds is 5. The Morgan fingerprint density at radius 2 is 2.10 bits per heavy atom. The Balaban J connectivity index is 1.73. The molecule has 0 spiro atoms. The average molecular weight is 317 g/mol. The minimum absolute atomic E-state index is 0.160. The van der Waals surface area contributed by atoms with Crippen LogP contribution < -0.4 is 5.32 Å². The van der Waals surface area contributed by atoms with Crippen LogP contribution in [0.3, 0.4) is 0 Å². The lowest BCUT2D eigenvalue weighted by atomic mass is 10.1. The maximum absolute atomic E-state index is 13.9. The van der Waals surface area contributed by atoms with Crippen LogP contribution in [-0.4, -0.2) is 0 Å². The van der Waals surface area contributed by atoms with Gasteiger partial charge in [-0.25, -0.2) is 4.39 Å². The van der Waals surface area contributed by atoms with Crippen molar-refractivity contribution in [2.45, 2.75) is 19.5 Å². The van der Waals surface area contributed by atoms with Crippen LogP contribution in [0, 0.1) is 5.82 Å². The van der Waals surface area contributed by atoms with Crippen molar-refractivity contribution in [3.8, 4) is 10.4 Å². The van der Waals surface area contributed by atoms with Gasteiger partial charge < -0.3 is 5.32 Å². The lowest BCUT2D eigenvalue weighted by Crippen LogP contribution is -2.17. The molecule has 108 valence electrons. The van der Waals surface area contributed by atoms with Crippen LogP contribution in [0.4, 0.5) is 4.39 Å². The first-order valence-electron chi connectivity index (χ1n) is 6.82. The van der Waals surface area contributed by atoms with Crippen molar-refractivity contribution in [2.24, 2.45) is 0 Å². The Morgan fingerprint density at radius 1 is 1.19 bits per heavy atom. The van der Waals surface area contributed by atoms with Gasteiger partial charge in [0.05, 0.1) is 0 Å². The summed E-state index contributed by atoms with van der Waals surface area (Å²) in [5.74, 6) is -0.160. The summed E-state index contributed by atoms with van der Waals surface area (Å²) in [7, 11) is 0. The van der Waals surface area contributed by atoms with E-state index in [1.807, 2.05) is 29.6 Å². The molecular weight excluding hydrogens is 301 g/mol. The molecule has 1 unspecified atom stereocenters. The van der Waals surface area contributed by atoms with Crippen LogP contribution in [0.15, 0.2) is 52.5 Å².